The Morgan fingerprint density at radius 2 is 0.689 bits per heavy atom. The minimum Gasteiger partial charge on any atom is -0.389 e. The molecule has 9 aromatic heterocycles. The van der Waals surface area contributed by atoms with Gasteiger partial charge in [0, 0.05) is 37.9 Å². The van der Waals surface area contributed by atoms with E-state index in [4.69, 9.17) is 149 Å². The summed E-state index contributed by atoms with van der Waals surface area (Å²) in [5, 5.41) is 30.0. The first kappa shape index (κ1) is 97.3. The number of nitrogens with zero attached hydrogens (tertiary/aromatic N) is 18. The number of aliphatic hydroxyl groups is 3. The number of fused-ring (bicyclic) bond motifs is 15. The average Bonchev–Trinajstić information content (AvgIpc) is 1.62. The molecule has 0 aromatic carbocycles. The smallest absolute Gasteiger partial charge is 0.386 e. The zero-order valence-corrected chi connectivity index (χ0v) is 79.3. The minimum atomic E-state index is -4.35. The number of nitrogens with two attached hydrogens (primary N) is 3. The van der Waals surface area contributed by atoms with Crippen molar-refractivity contribution < 1.29 is 145 Å². The highest BCUT2D eigenvalue weighted by Crippen LogP contribution is 2.63. The number of Topliss-reactive ketones (excluding diaryl/α,β-unsaturated/α-hetero) is 3. The molecule has 12 aliphatic rings. The van der Waals surface area contributed by atoms with Crippen LogP contribution >= 0.6 is 76.2 Å². The predicted molar refractivity (Wildman–Crippen MR) is 479 cm³/mol. The highest BCUT2D eigenvalue weighted by atomic mass is 32.7. The maximum Gasteiger partial charge on any atom is 0.386 e. The number of ether oxygens (including phenoxy) is 4. The summed E-state index contributed by atoms with van der Waals surface area (Å²) in [5.74, 6) is -1.36. The van der Waals surface area contributed by atoms with Crippen LogP contribution in [0.1, 0.15) is 86.4 Å². The summed E-state index contributed by atoms with van der Waals surface area (Å²) in [6, 6.07) is 0. The van der Waals surface area contributed by atoms with Crippen LogP contribution in [0.25, 0.3) is 33.5 Å². The van der Waals surface area contributed by atoms with Gasteiger partial charge >= 0.3 is 40.4 Å². The minimum absolute atomic E-state index is 0.0271. The number of nitrogen functional groups attached to an aromatic ring is 3. The van der Waals surface area contributed by atoms with Crippen molar-refractivity contribution in [2.75, 3.05) is 56.8 Å². The third-order valence-electron chi connectivity index (χ3n) is 22.2. The molecule has 17 N–H and O–H groups in total. The molecule has 726 valence electrons. The van der Waals surface area contributed by atoms with Crippen molar-refractivity contribution in [2.45, 2.75) is 163 Å². The molecule has 0 spiro atoms. The Balaban J connectivity index is 0.000000130. The van der Waals surface area contributed by atoms with Crippen LogP contribution in [0.4, 0.5) is 48.5 Å². The van der Waals surface area contributed by atoms with Gasteiger partial charge in [0.1, 0.15) is 77.9 Å². The summed E-state index contributed by atoms with van der Waals surface area (Å²) < 4.78 is 160. The number of thioether (sulfide) groups is 2. The number of rotatable bonds is 6. The second-order valence-electron chi connectivity index (χ2n) is 30.8. The van der Waals surface area contributed by atoms with Gasteiger partial charge in [-0.05, 0) is 59.0 Å². The third-order valence-corrected chi connectivity index (χ3v) is 34.7. The number of thiol groups is 1. The summed E-state index contributed by atoms with van der Waals surface area (Å²) >= 11 is 32.2. The van der Waals surface area contributed by atoms with Gasteiger partial charge in [-0.3, -0.25) is 103 Å². The van der Waals surface area contributed by atoms with E-state index in [9.17, 15) is 73.1 Å². The first-order valence-corrected chi connectivity index (χ1v) is 56.9. The van der Waals surface area contributed by atoms with Crippen LogP contribution in [0.5, 0.6) is 0 Å². The van der Waals surface area contributed by atoms with E-state index in [0.717, 1.165) is 23.5 Å². The summed E-state index contributed by atoms with van der Waals surface area (Å²) in [6.45, 7) is -28.8. The zero-order chi connectivity index (χ0) is 95.5. The maximum atomic E-state index is 16.0. The SMILES string of the molecule is Nc1nc2c(ncn2[C@@H]2O[C@@H]3COP(O)(=S)O[C@H]4[C@H](F)[C@H](n5cnc6c5N=CCC6=O)O[C@@H]4COP(O)(=S)O[C@@H]2[C@@H]3O)c(=O)[nH]1.Nc1nc2c(ncn2[C@@H]2S[C@@H]3COP(O)(=S)O[C@H]4[C@H](F)[C@H](n5cnc6c5N=CCC6=O)O[C@@H]4COP(=O)(S)O[C@@H]2[C@@H]3O)c(=O)[nH]1.Nc1nc2c(ncn2[C@@H]2S[C@@H]3COP(O)(=S)O[C@H]4[C@H](F)[C@H](n5cnc6c5N=CCC6=O)O[C@@H]4COP(O)(=S)O[C@@H]2[C@@H]3O)c(=O)[nH]1. The molecule has 30 atom stereocenters. The van der Waals surface area contributed by atoms with Crippen molar-refractivity contribution in [3.05, 3.63) is 86.1 Å². The van der Waals surface area contributed by atoms with Crippen molar-refractivity contribution in [2.24, 2.45) is 15.0 Å². The van der Waals surface area contributed by atoms with E-state index >= 15 is 13.2 Å². The van der Waals surface area contributed by atoms with E-state index in [2.05, 4.69) is 87.0 Å². The topological polar surface area (TPSA) is 737 Å². The number of nitrogens with one attached hydrogen (secondary N) is 3. The van der Waals surface area contributed by atoms with E-state index in [1.807, 2.05) is 0 Å². The normalized spacial score (nSPS) is 38.8. The monoisotopic (exact) mass is 2160 g/mol. The Hall–Kier alpha value is -6.54. The average molecular weight is 2160 g/mol. The molecule has 0 radical (unpaired) electrons. The summed E-state index contributed by atoms with van der Waals surface area (Å²) in [5.41, 5.74) is 15.3. The van der Waals surface area contributed by atoms with Crippen LogP contribution in [0.2, 0.25) is 0 Å². The number of alkyl halides is 3. The molecule has 55 nitrogen and oxygen atoms in total. The van der Waals surface area contributed by atoms with Gasteiger partial charge in [0.25, 0.3) is 16.7 Å². The number of hydrogen-bond donors (Lipinski definition) is 15. The Bertz CT molecular complexity index is 6250. The van der Waals surface area contributed by atoms with E-state index < -0.39 is 241 Å². The fourth-order valence-electron chi connectivity index (χ4n) is 16.1. The molecule has 6 unspecified atom stereocenters. The van der Waals surface area contributed by atoms with E-state index in [1.54, 1.807) is 0 Å². The highest BCUT2D eigenvalue weighted by molar-refractivity contribution is 8.44. The molecule has 9 aromatic rings. The molecule has 6 bridgehead atoms. The van der Waals surface area contributed by atoms with Crippen molar-refractivity contribution >= 4 is 240 Å². The van der Waals surface area contributed by atoms with Gasteiger partial charge in [0.2, 0.25) is 17.8 Å². The van der Waals surface area contributed by atoms with Gasteiger partial charge in [-0.2, -0.15) is 15.0 Å². The fourth-order valence-corrected chi connectivity index (χ4v) is 28.1. The Morgan fingerprint density at radius 1 is 0.393 bits per heavy atom. The number of aromatic amines is 3. The molecule has 21 heterocycles. The molecule has 72 heteroatoms. The molecular formula is C63H69F3N24O31P6S8. The van der Waals surface area contributed by atoms with E-state index in [1.165, 1.54) is 84.0 Å². The molecule has 9 saturated heterocycles. The third kappa shape index (κ3) is 19.2. The van der Waals surface area contributed by atoms with Crippen LogP contribution < -0.4 is 33.9 Å². The molecule has 135 heavy (non-hydrogen) atoms. The number of aliphatic imine (C=N–C) groups is 3. The lowest BCUT2D eigenvalue weighted by Crippen LogP contribution is -2.35. The zero-order valence-electron chi connectivity index (χ0n) is 67.3. The van der Waals surface area contributed by atoms with Crippen molar-refractivity contribution in [1.82, 2.24) is 87.2 Å². The van der Waals surface area contributed by atoms with E-state index in [0.29, 0.717) is 0 Å². The first-order valence-electron chi connectivity index (χ1n) is 39.3. The fraction of sp³-hybridized carbons (Fsp3) is 0.524. The summed E-state index contributed by atoms with van der Waals surface area (Å²) in [4.78, 5) is 185. The van der Waals surface area contributed by atoms with Gasteiger partial charge < -0.3 is 98.6 Å². The number of aliphatic hydroxyl groups excluding tert-OH is 3. The standard InChI is InChI=1S/C21H23FN8O11P2S2.2C21H23FN8O10P2S3/c22-10-14-9(39-19(10)29-5-25-11-7(31)1-2-24-16(11)29)4-37-43(35,45)41-15-13(32)8(3-36-42(34,44)40-14)38-20(15)30-6-26-12-17(30)27-21(23)28-18(12)33;2*22-10-14-8(38-19(10)29-5-25-11-7(31)1-2-24-16(11)29)3-36-41(34,43)40-15-13(32)9(4-37-42(35,44)39-14)45-20(15)30-6-26-12-17(30)27-21(23)28-18(12)33/h2,5-6,8-10,13-15,19-20,32H,1,3-4H2,(H,34,44)(H,35,45)(H3,23,27,28,33);2*2,5-6,8-10,13-15,19-20,32H,1,3-4H2,(H,34,43)(H,35,44)(H3,23,27,28,33)/t8-,9-,10+,13-,14-,15-,19-,20-,42?,43?;2*8-,9-,10+,13-,14-,15-,19-,20-,41?,42?/m111/s1. The highest BCUT2D eigenvalue weighted by Gasteiger charge is 2.59. The first-order chi connectivity index (χ1) is 63.9. The van der Waals surface area contributed by atoms with Crippen LogP contribution in [-0.4, -0.2) is 311 Å². The number of halogens is 3. The number of carbonyl (C=O) groups excluding carboxylic acids is 3. The molecule has 0 saturated carbocycles. The number of ketones is 3. The number of anilines is 3. The number of carbonyl (C=O) groups is 3. The van der Waals surface area contributed by atoms with Gasteiger partial charge in [0.15, 0.2) is 129 Å². The summed E-state index contributed by atoms with van der Waals surface area (Å²) in [6.07, 6.45) is -18.9. The Labute approximate surface area is 788 Å². The van der Waals surface area contributed by atoms with E-state index in [-0.39, 0.29) is 122 Å². The Morgan fingerprint density at radius 3 is 1.06 bits per heavy atom. The second-order valence-corrected chi connectivity index (χ2v) is 50.4. The lowest BCUT2D eigenvalue weighted by Gasteiger charge is -2.28. The van der Waals surface area contributed by atoms with Gasteiger partial charge in [-0.15, -0.1) is 23.5 Å². The molecule has 21 rings (SSSR count). The van der Waals surface area contributed by atoms with Crippen molar-refractivity contribution in [1.29, 1.82) is 0 Å². The van der Waals surface area contributed by atoms with Gasteiger partial charge in [-0.1, -0.05) is 12.2 Å². The molecule has 0 aliphatic carbocycles. The van der Waals surface area contributed by atoms with Crippen molar-refractivity contribution in [3.63, 3.8) is 0 Å². The van der Waals surface area contributed by atoms with Crippen molar-refractivity contribution in [3.8, 4) is 0 Å². The largest absolute Gasteiger partial charge is 0.389 e. The van der Waals surface area contributed by atoms with Crippen LogP contribution in [-0.2, 0) is 137 Å². The maximum absolute atomic E-state index is 16.0. The molecule has 0 amide bonds. The molecular weight excluding hydrogens is 2090 g/mol. The van der Waals surface area contributed by atoms with Crippen LogP contribution in [0.3, 0.4) is 0 Å². The van der Waals surface area contributed by atoms with Gasteiger partial charge in [0.05, 0.1) is 100 Å². The predicted octanol–water partition coefficient (Wildman–Crippen LogP) is 1.15. The van der Waals surface area contributed by atoms with Crippen LogP contribution in [0, 0.1) is 0 Å². The molecule has 12 aliphatic heterocycles. The number of imidazole rings is 6. The molecule has 9 fully saturated rings. The van der Waals surface area contributed by atoms with Gasteiger partial charge in [-0.25, -0.2) is 62.6 Å². The number of hydrogen-bond acceptors (Lipinski definition) is 48. The number of H-pyrrole nitrogens is 3. The second kappa shape index (κ2) is 37.4. The quantitative estimate of drug-likeness (QED) is 0.0820. The summed E-state index contributed by atoms with van der Waals surface area (Å²) in [7, 11) is 0. The number of aromatic nitrogens is 18. The lowest BCUT2D eigenvalue weighted by atomic mass is 10.1. The lowest BCUT2D eigenvalue weighted by molar-refractivity contribution is -0.0604. The Kier molecular flexibility index (Phi) is 27.0. The van der Waals surface area contributed by atoms with Crippen LogP contribution in [0.15, 0.2) is 67.3 Å².